The fourth-order valence-electron chi connectivity index (χ4n) is 1.66. The minimum absolute atomic E-state index is 0.0341. The summed E-state index contributed by atoms with van der Waals surface area (Å²) >= 11 is 4.99. The van der Waals surface area contributed by atoms with Gasteiger partial charge in [-0.05, 0) is 12.1 Å². The van der Waals surface area contributed by atoms with E-state index in [-0.39, 0.29) is 5.91 Å². The molecule has 2 aromatic rings. The third-order valence-electron chi connectivity index (χ3n) is 2.59. The smallest absolute Gasteiger partial charge is 0.226 e. The Hall–Kier alpha value is -1.24. The molecule has 0 aliphatic rings. The topological polar surface area (TPSA) is 51.2 Å². The van der Waals surface area contributed by atoms with E-state index in [4.69, 9.17) is 4.74 Å². The Morgan fingerprint density at radius 2 is 2.35 bits per heavy atom. The predicted octanol–water partition coefficient (Wildman–Crippen LogP) is 2.88. The summed E-state index contributed by atoms with van der Waals surface area (Å²) in [6.07, 6.45) is 0.300. The lowest BCUT2D eigenvalue weighted by Crippen LogP contribution is -2.28. The van der Waals surface area contributed by atoms with E-state index < -0.39 is 0 Å². The van der Waals surface area contributed by atoms with Crippen LogP contribution in [0.4, 0.5) is 0 Å². The second kappa shape index (κ2) is 7.52. The average Bonchev–Trinajstić information content (AvgIpc) is 2.87. The number of nitrogens with zero attached hydrogens (tertiary/aromatic N) is 1. The highest BCUT2D eigenvalue weighted by molar-refractivity contribution is 9.10. The van der Waals surface area contributed by atoms with Crippen molar-refractivity contribution >= 4 is 33.2 Å². The first-order valence-electron chi connectivity index (χ1n) is 6.15. The Morgan fingerprint density at radius 1 is 1.50 bits per heavy atom. The number of ether oxygens (including phenoxy) is 1. The Labute approximate surface area is 130 Å². The van der Waals surface area contributed by atoms with Gasteiger partial charge in [0.15, 0.2) is 0 Å². The fraction of sp³-hybridized carbons (Fsp3) is 0.286. The van der Waals surface area contributed by atoms with Crippen molar-refractivity contribution in [2.75, 3.05) is 20.3 Å². The summed E-state index contributed by atoms with van der Waals surface area (Å²) in [5.74, 6) is -0.0341. The number of amides is 1. The van der Waals surface area contributed by atoms with Gasteiger partial charge in [0.25, 0.3) is 0 Å². The summed E-state index contributed by atoms with van der Waals surface area (Å²) < 4.78 is 5.90. The zero-order chi connectivity index (χ0) is 14.4. The third kappa shape index (κ3) is 4.40. The lowest BCUT2D eigenvalue weighted by molar-refractivity contribution is -0.120. The summed E-state index contributed by atoms with van der Waals surface area (Å²) in [5.41, 5.74) is 1.84. The molecule has 1 heterocycles. The van der Waals surface area contributed by atoms with E-state index in [9.17, 15) is 4.79 Å². The maximum absolute atomic E-state index is 11.7. The molecule has 0 aliphatic heterocycles. The highest BCUT2D eigenvalue weighted by Crippen LogP contribution is 2.26. The van der Waals surface area contributed by atoms with Crippen molar-refractivity contribution < 1.29 is 9.53 Å². The van der Waals surface area contributed by atoms with Crippen molar-refractivity contribution in [3.05, 3.63) is 39.8 Å². The lowest BCUT2D eigenvalue weighted by atomic mass is 10.2. The van der Waals surface area contributed by atoms with Crippen LogP contribution in [-0.4, -0.2) is 31.2 Å². The van der Waals surface area contributed by atoms with Crippen LogP contribution in [0.25, 0.3) is 10.6 Å². The maximum atomic E-state index is 11.7. The van der Waals surface area contributed by atoms with Gasteiger partial charge < -0.3 is 10.1 Å². The van der Waals surface area contributed by atoms with Crippen LogP contribution in [0.1, 0.15) is 5.69 Å². The molecule has 1 aromatic carbocycles. The Balaban J connectivity index is 1.97. The van der Waals surface area contributed by atoms with Crippen molar-refractivity contribution in [1.82, 2.24) is 10.3 Å². The van der Waals surface area contributed by atoms with Crippen molar-refractivity contribution in [3.8, 4) is 10.6 Å². The number of methoxy groups -OCH3 is 1. The summed E-state index contributed by atoms with van der Waals surface area (Å²) in [7, 11) is 1.61. The molecule has 0 aliphatic carbocycles. The van der Waals surface area contributed by atoms with Crippen molar-refractivity contribution in [1.29, 1.82) is 0 Å². The van der Waals surface area contributed by atoms with E-state index in [0.29, 0.717) is 19.6 Å². The van der Waals surface area contributed by atoms with Crippen LogP contribution in [0.2, 0.25) is 0 Å². The number of hydrogen-bond donors (Lipinski definition) is 1. The normalized spacial score (nSPS) is 10.5. The van der Waals surface area contributed by atoms with E-state index in [0.717, 1.165) is 20.7 Å². The number of nitrogens with one attached hydrogen (secondary N) is 1. The van der Waals surface area contributed by atoms with Crippen LogP contribution in [-0.2, 0) is 16.0 Å². The van der Waals surface area contributed by atoms with Gasteiger partial charge in [0.05, 0.1) is 18.7 Å². The number of halogens is 1. The zero-order valence-corrected chi connectivity index (χ0v) is 13.5. The van der Waals surface area contributed by atoms with Gasteiger partial charge >= 0.3 is 0 Å². The summed E-state index contributed by atoms with van der Waals surface area (Å²) in [4.78, 5) is 16.2. The van der Waals surface area contributed by atoms with Crippen LogP contribution in [0.3, 0.4) is 0 Å². The largest absolute Gasteiger partial charge is 0.383 e. The van der Waals surface area contributed by atoms with E-state index in [1.165, 1.54) is 0 Å². The van der Waals surface area contributed by atoms with E-state index >= 15 is 0 Å². The van der Waals surface area contributed by atoms with E-state index in [1.54, 1.807) is 18.4 Å². The quantitative estimate of drug-likeness (QED) is 0.811. The predicted molar refractivity (Wildman–Crippen MR) is 83.8 cm³/mol. The molecule has 0 saturated carbocycles. The first kappa shape index (κ1) is 15.2. The third-order valence-corrected chi connectivity index (χ3v) is 4.03. The molecule has 0 fully saturated rings. The lowest BCUT2D eigenvalue weighted by Gasteiger charge is -2.02. The number of carbonyl (C=O) groups excluding carboxylic acids is 1. The zero-order valence-electron chi connectivity index (χ0n) is 11.1. The van der Waals surface area contributed by atoms with Gasteiger partial charge in [-0.25, -0.2) is 4.98 Å². The molecule has 0 atom stereocenters. The van der Waals surface area contributed by atoms with Crippen LogP contribution >= 0.6 is 27.3 Å². The van der Waals surface area contributed by atoms with Crippen LogP contribution in [0.15, 0.2) is 34.1 Å². The van der Waals surface area contributed by atoms with Gasteiger partial charge in [0, 0.05) is 29.1 Å². The average molecular weight is 355 g/mol. The molecule has 4 nitrogen and oxygen atoms in total. The number of aromatic nitrogens is 1. The van der Waals surface area contributed by atoms with Gasteiger partial charge in [-0.2, -0.15) is 0 Å². The second-order valence-electron chi connectivity index (χ2n) is 4.17. The molecule has 1 aromatic heterocycles. The SMILES string of the molecule is COCCNC(=O)Cc1csc(-c2cccc(Br)c2)n1. The summed E-state index contributed by atoms with van der Waals surface area (Å²) in [6, 6.07) is 7.96. The number of carbonyl (C=O) groups is 1. The van der Waals surface area contributed by atoms with Crippen LogP contribution < -0.4 is 5.32 Å². The molecule has 0 saturated heterocycles. The van der Waals surface area contributed by atoms with E-state index in [2.05, 4.69) is 26.2 Å². The first-order valence-corrected chi connectivity index (χ1v) is 7.82. The van der Waals surface area contributed by atoms with Crippen LogP contribution in [0, 0.1) is 0 Å². The highest BCUT2D eigenvalue weighted by atomic mass is 79.9. The molecule has 1 N–H and O–H groups in total. The van der Waals surface area contributed by atoms with Crippen LogP contribution in [0.5, 0.6) is 0 Å². The number of benzene rings is 1. The maximum Gasteiger partial charge on any atom is 0.226 e. The molecular formula is C14H15BrN2O2S. The van der Waals surface area contributed by atoms with Gasteiger partial charge in [-0.3, -0.25) is 4.79 Å². The van der Waals surface area contributed by atoms with Gasteiger partial charge in [-0.15, -0.1) is 11.3 Å². The summed E-state index contributed by atoms with van der Waals surface area (Å²) in [5, 5.41) is 5.63. The Morgan fingerprint density at radius 3 is 3.10 bits per heavy atom. The second-order valence-corrected chi connectivity index (χ2v) is 5.95. The minimum atomic E-state index is -0.0341. The summed E-state index contributed by atoms with van der Waals surface area (Å²) in [6.45, 7) is 1.05. The molecule has 2 rings (SSSR count). The van der Waals surface area contributed by atoms with Gasteiger partial charge in [0.2, 0.25) is 5.91 Å². The van der Waals surface area contributed by atoms with Gasteiger partial charge in [0.1, 0.15) is 5.01 Å². The molecule has 1 amide bonds. The molecule has 6 heteroatoms. The monoisotopic (exact) mass is 354 g/mol. The molecule has 20 heavy (non-hydrogen) atoms. The van der Waals surface area contributed by atoms with Crippen molar-refractivity contribution in [2.24, 2.45) is 0 Å². The number of hydrogen-bond acceptors (Lipinski definition) is 4. The fourth-order valence-corrected chi connectivity index (χ4v) is 2.88. The van der Waals surface area contributed by atoms with Crippen molar-refractivity contribution in [3.63, 3.8) is 0 Å². The molecule has 0 radical (unpaired) electrons. The number of rotatable bonds is 6. The highest BCUT2D eigenvalue weighted by Gasteiger charge is 2.08. The molecular weight excluding hydrogens is 340 g/mol. The Bertz CT molecular complexity index is 586. The molecule has 0 bridgehead atoms. The van der Waals surface area contributed by atoms with E-state index in [1.807, 2.05) is 29.6 Å². The van der Waals surface area contributed by atoms with Crippen molar-refractivity contribution in [2.45, 2.75) is 6.42 Å². The number of thiazole rings is 1. The Kier molecular flexibility index (Phi) is 5.70. The minimum Gasteiger partial charge on any atom is -0.383 e. The van der Waals surface area contributed by atoms with Gasteiger partial charge in [-0.1, -0.05) is 28.1 Å². The standard InChI is InChI=1S/C14H15BrN2O2S/c1-19-6-5-16-13(18)8-12-9-20-14(17-12)10-3-2-4-11(15)7-10/h2-4,7,9H,5-6,8H2,1H3,(H,16,18). The molecule has 106 valence electrons. The first-order chi connectivity index (χ1) is 9.69. The molecule has 0 unspecified atom stereocenters. The molecule has 0 spiro atoms.